The Balaban J connectivity index is 1.55. The minimum Gasteiger partial charge on any atom is -0.477 e. The van der Waals surface area contributed by atoms with Crippen molar-refractivity contribution in [2.45, 2.75) is 6.42 Å². The van der Waals surface area contributed by atoms with Crippen LogP contribution in [0.3, 0.4) is 0 Å². The summed E-state index contributed by atoms with van der Waals surface area (Å²) in [6, 6.07) is 13.0. The minimum absolute atomic E-state index is 0.0514. The number of nitrogens with zero attached hydrogens (tertiary/aromatic N) is 1. The van der Waals surface area contributed by atoms with E-state index in [4.69, 9.17) is 5.11 Å². The molecule has 5 rings (SSSR count). The number of carboxylic acid groups (broad SMARTS) is 1. The maximum atomic E-state index is 12.0. The number of carbonyl (C=O) groups excluding carboxylic acids is 1. The van der Waals surface area contributed by atoms with Gasteiger partial charge < -0.3 is 20.4 Å². The molecule has 0 aliphatic carbocycles. The minimum atomic E-state index is -0.988. The van der Waals surface area contributed by atoms with E-state index in [1.807, 2.05) is 36.4 Å². The molecule has 0 spiro atoms. The van der Waals surface area contributed by atoms with Crippen LogP contribution in [-0.2, 0) is 6.42 Å². The molecular weight excluding hydrogens is 356 g/mol. The van der Waals surface area contributed by atoms with Crippen molar-refractivity contribution < 1.29 is 14.7 Å². The van der Waals surface area contributed by atoms with E-state index < -0.39 is 5.97 Å². The Hall–Kier alpha value is -3.87. The molecule has 1 amide bonds. The Morgan fingerprint density at radius 1 is 1.04 bits per heavy atom. The topological polar surface area (TPSA) is 111 Å². The van der Waals surface area contributed by atoms with Crippen molar-refractivity contribution in [2.75, 3.05) is 6.54 Å². The first-order valence-electron chi connectivity index (χ1n) is 8.91. The summed E-state index contributed by atoms with van der Waals surface area (Å²) in [6.07, 6.45) is 2.51. The van der Waals surface area contributed by atoms with E-state index in [-0.39, 0.29) is 11.6 Å². The summed E-state index contributed by atoms with van der Waals surface area (Å²) in [6.45, 7) is 0.641. The monoisotopic (exact) mass is 372 g/mol. The third-order valence-electron chi connectivity index (χ3n) is 5.02. The van der Waals surface area contributed by atoms with Gasteiger partial charge in [0, 0.05) is 52.6 Å². The molecule has 3 aromatic heterocycles. The summed E-state index contributed by atoms with van der Waals surface area (Å²) in [7, 11) is 0. The highest BCUT2D eigenvalue weighted by Crippen LogP contribution is 2.28. The number of carboxylic acids is 1. The number of nitrogens with one attached hydrogen (secondary N) is 3. The van der Waals surface area contributed by atoms with Gasteiger partial charge in [-0.3, -0.25) is 9.78 Å². The van der Waals surface area contributed by atoms with Crippen LogP contribution >= 0.6 is 0 Å². The first-order valence-corrected chi connectivity index (χ1v) is 8.91. The van der Waals surface area contributed by atoms with E-state index in [1.165, 1.54) is 0 Å². The fourth-order valence-corrected chi connectivity index (χ4v) is 3.61. The molecule has 138 valence electrons. The largest absolute Gasteiger partial charge is 0.477 e. The van der Waals surface area contributed by atoms with E-state index in [9.17, 15) is 9.59 Å². The summed E-state index contributed by atoms with van der Waals surface area (Å²) >= 11 is 0. The summed E-state index contributed by atoms with van der Waals surface area (Å²) in [4.78, 5) is 33.9. The fraction of sp³-hybridized carbons (Fsp3) is 0.0952. The molecule has 28 heavy (non-hydrogen) atoms. The van der Waals surface area contributed by atoms with Gasteiger partial charge in [-0.1, -0.05) is 12.1 Å². The quantitative estimate of drug-likeness (QED) is 0.442. The van der Waals surface area contributed by atoms with Gasteiger partial charge in [-0.2, -0.15) is 0 Å². The lowest BCUT2D eigenvalue weighted by Gasteiger charge is -2.10. The second-order valence-corrected chi connectivity index (χ2v) is 6.80. The average molecular weight is 372 g/mol. The fourth-order valence-electron chi connectivity index (χ4n) is 3.61. The van der Waals surface area contributed by atoms with Gasteiger partial charge >= 0.3 is 5.97 Å². The van der Waals surface area contributed by atoms with Gasteiger partial charge in [0.15, 0.2) is 0 Å². The van der Waals surface area contributed by atoms with E-state index >= 15 is 0 Å². The number of hydrogen-bond acceptors (Lipinski definition) is 3. The lowest BCUT2D eigenvalue weighted by Crippen LogP contribution is -2.31. The van der Waals surface area contributed by atoms with Crippen LogP contribution in [0, 0.1) is 0 Å². The molecule has 1 aliphatic heterocycles. The molecule has 0 bridgehead atoms. The standard InChI is InChI=1S/C21H16N4O3/c26-20-14-10-18(24-15(14)4-6-23-20)13-3-5-22-16(7-13)11-1-2-12-9-19(21(27)28)25-17(12)8-11/h1-3,5,7-10,24-25H,4,6H2,(H,23,26)(H,27,28). The molecule has 0 atom stereocenters. The zero-order valence-corrected chi connectivity index (χ0v) is 14.7. The number of fused-ring (bicyclic) bond motifs is 2. The highest BCUT2D eigenvalue weighted by molar-refractivity contribution is 5.98. The number of aromatic carboxylic acids is 1. The van der Waals surface area contributed by atoms with Crippen molar-refractivity contribution in [2.24, 2.45) is 0 Å². The van der Waals surface area contributed by atoms with Crippen molar-refractivity contribution in [3.8, 4) is 22.5 Å². The molecule has 0 unspecified atom stereocenters. The molecule has 7 nitrogen and oxygen atoms in total. The zero-order chi connectivity index (χ0) is 19.3. The smallest absolute Gasteiger partial charge is 0.352 e. The van der Waals surface area contributed by atoms with Gasteiger partial charge in [0.1, 0.15) is 5.69 Å². The van der Waals surface area contributed by atoms with Crippen LogP contribution in [0.25, 0.3) is 33.4 Å². The maximum absolute atomic E-state index is 12.0. The van der Waals surface area contributed by atoms with Gasteiger partial charge in [0.25, 0.3) is 5.91 Å². The molecule has 0 fully saturated rings. The molecule has 0 radical (unpaired) electrons. The summed E-state index contributed by atoms with van der Waals surface area (Å²) in [5, 5.41) is 12.8. The lowest BCUT2D eigenvalue weighted by atomic mass is 10.1. The molecule has 1 aliphatic rings. The number of hydrogen-bond donors (Lipinski definition) is 4. The average Bonchev–Trinajstić information content (AvgIpc) is 3.33. The number of rotatable bonds is 3. The molecular formula is C21H16N4O3. The SMILES string of the molecule is O=C(O)c1cc2ccc(-c3cc(-c4cc5c([nH]4)CCNC5=O)ccn3)cc2[nH]1. The Bertz CT molecular complexity index is 1250. The van der Waals surface area contributed by atoms with Gasteiger partial charge in [0.2, 0.25) is 0 Å². The van der Waals surface area contributed by atoms with Gasteiger partial charge in [-0.15, -0.1) is 0 Å². The molecule has 7 heteroatoms. The molecule has 1 aromatic carbocycles. The Morgan fingerprint density at radius 3 is 2.75 bits per heavy atom. The number of amides is 1. The van der Waals surface area contributed by atoms with Gasteiger partial charge in [-0.05, 0) is 30.3 Å². The van der Waals surface area contributed by atoms with Crippen LogP contribution in [0.5, 0.6) is 0 Å². The van der Waals surface area contributed by atoms with Crippen LogP contribution in [-0.4, -0.2) is 38.5 Å². The number of carbonyl (C=O) groups is 2. The van der Waals surface area contributed by atoms with Crippen molar-refractivity contribution >= 4 is 22.8 Å². The second-order valence-electron chi connectivity index (χ2n) is 6.80. The number of aromatic amines is 2. The highest BCUT2D eigenvalue weighted by Gasteiger charge is 2.20. The maximum Gasteiger partial charge on any atom is 0.352 e. The summed E-state index contributed by atoms with van der Waals surface area (Å²) in [5.41, 5.74) is 5.99. The van der Waals surface area contributed by atoms with Crippen molar-refractivity contribution in [1.29, 1.82) is 0 Å². The lowest BCUT2D eigenvalue weighted by molar-refractivity contribution is 0.0691. The van der Waals surface area contributed by atoms with Crippen LogP contribution < -0.4 is 5.32 Å². The van der Waals surface area contributed by atoms with Crippen LogP contribution in [0.1, 0.15) is 26.5 Å². The molecule has 4 heterocycles. The molecule has 4 N–H and O–H groups in total. The second kappa shape index (κ2) is 6.09. The van der Waals surface area contributed by atoms with E-state index in [0.29, 0.717) is 12.1 Å². The third-order valence-corrected chi connectivity index (χ3v) is 5.02. The first-order chi connectivity index (χ1) is 13.6. The van der Waals surface area contributed by atoms with Crippen LogP contribution in [0.4, 0.5) is 0 Å². The predicted molar refractivity (Wildman–Crippen MR) is 104 cm³/mol. The number of pyridine rings is 1. The van der Waals surface area contributed by atoms with Crippen LogP contribution in [0.2, 0.25) is 0 Å². The molecule has 0 saturated heterocycles. The molecule has 0 saturated carbocycles. The summed E-state index contributed by atoms with van der Waals surface area (Å²) in [5.74, 6) is -1.04. The van der Waals surface area contributed by atoms with Crippen LogP contribution in [0.15, 0.2) is 48.7 Å². The number of H-pyrrole nitrogens is 2. The third kappa shape index (κ3) is 2.64. The van der Waals surface area contributed by atoms with E-state index in [1.54, 1.807) is 12.3 Å². The Kier molecular flexibility index (Phi) is 3.55. The number of benzene rings is 1. The normalized spacial score (nSPS) is 13.4. The summed E-state index contributed by atoms with van der Waals surface area (Å²) < 4.78 is 0. The van der Waals surface area contributed by atoms with Gasteiger partial charge in [-0.25, -0.2) is 4.79 Å². The Morgan fingerprint density at radius 2 is 1.93 bits per heavy atom. The zero-order valence-electron chi connectivity index (χ0n) is 14.7. The van der Waals surface area contributed by atoms with Crippen molar-refractivity contribution in [1.82, 2.24) is 20.3 Å². The van der Waals surface area contributed by atoms with Gasteiger partial charge in [0.05, 0.1) is 11.3 Å². The molecule has 4 aromatic rings. The van der Waals surface area contributed by atoms with Crippen molar-refractivity contribution in [3.63, 3.8) is 0 Å². The van der Waals surface area contributed by atoms with E-state index in [2.05, 4.69) is 20.3 Å². The first kappa shape index (κ1) is 16.3. The van der Waals surface area contributed by atoms with E-state index in [0.717, 1.165) is 45.5 Å². The van der Waals surface area contributed by atoms with Crippen molar-refractivity contribution in [3.05, 3.63) is 65.6 Å². The highest BCUT2D eigenvalue weighted by atomic mass is 16.4. The predicted octanol–water partition coefficient (Wildman–Crippen LogP) is 3.21. The number of aromatic nitrogens is 3. The Labute approximate surface area is 159 Å².